The van der Waals surface area contributed by atoms with Gasteiger partial charge in [-0.15, -0.1) is 0 Å². The Morgan fingerprint density at radius 3 is 2.50 bits per heavy atom. The van der Waals surface area contributed by atoms with Crippen molar-refractivity contribution in [2.45, 2.75) is 19.3 Å². The minimum atomic E-state index is -0.414. The van der Waals surface area contributed by atoms with E-state index in [-0.39, 0.29) is 5.69 Å². The zero-order valence-corrected chi connectivity index (χ0v) is 12.1. The van der Waals surface area contributed by atoms with Crippen molar-refractivity contribution < 1.29 is 9.34 Å². The van der Waals surface area contributed by atoms with E-state index in [4.69, 9.17) is 4.42 Å². The molecule has 2 heterocycles. The van der Waals surface area contributed by atoms with Crippen molar-refractivity contribution in [1.82, 2.24) is 5.01 Å². The lowest BCUT2D eigenvalue weighted by atomic mass is 10.1. The lowest BCUT2D eigenvalue weighted by molar-refractivity contribution is -0.384. The highest BCUT2D eigenvalue weighted by molar-refractivity contribution is 5.77. The summed E-state index contributed by atoms with van der Waals surface area (Å²) in [5, 5.41) is 17.1. The maximum atomic E-state index is 10.6. The lowest BCUT2D eigenvalue weighted by Gasteiger charge is -2.22. The molecule has 0 bridgehead atoms. The van der Waals surface area contributed by atoms with Crippen molar-refractivity contribution in [3.8, 4) is 11.3 Å². The molecule has 0 N–H and O–H groups in total. The van der Waals surface area contributed by atoms with Gasteiger partial charge in [0.2, 0.25) is 0 Å². The molecular formula is C16H17N3O3. The van der Waals surface area contributed by atoms with Crippen LogP contribution in [0.4, 0.5) is 5.69 Å². The van der Waals surface area contributed by atoms with Gasteiger partial charge in [0.1, 0.15) is 11.5 Å². The molecule has 0 saturated carbocycles. The van der Waals surface area contributed by atoms with Gasteiger partial charge < -0.3 is 4.42 Å². The first kappa shape index (κ1) is 14.3. The molecule has 3 rings (SSSR count). The standard InChI is InChI=1S/C16H17N3O3/c20-19(21)14-6-4-13(5-7-14)16-9-8-15(22-16)12-17-18-10-2-1-3-11-18/h4-9,12H,1-3,10-11H2/b17-12+. The third kappa shape index (κ3) is 3.33. The summed E-state index contributed by atoms with van der Waals surface area (Å²) < 4.78 is 5.72. The van der Waals surface area contributed by atoms with Gasteiger partial charge in [-0.3, -0.25) is 15.1 Å². The third-order valence-corrected chi connectivity index (χ3v) is 3.67. The number of nitro groups is 1. The van der Waals surface area contributed by atoms with Crippen molar-refractivity contribution in [3.05, 3.63) is 52.3 Å². The van der Waals surface area contributed by atoms with Gasteiger partial charge in [-0.05, 0) is 43.5 Å². The summed E-state index contributed by atoms with van der Waals surface area (Å²) in [6.07, 6.45) is 5.37. The van der Waals surface area contributed by atoms with Crippen LogP contribution in [0.5, 0.6) is 0 Å². The Morgan fingerprint density at radius 1 is 1.09 bits per heavy atom. The Balaban J connectivity index is 1.70. The maximum absolute atomic E-state index is 10.6. The molecule has 1 aliphatic heterocycles. The molecule has 0 spiro atoms. The number of hydrogen-bond acceptors (Lipinski definition) is 5. The van der Waals surface area contributed by atoms with Crippen LogP contribution in [0.3, 0.4) is 0 Å². The van der Waals surface area contributed by atoms with Crippen LogP contribution in [0.2, 0.25) is 0 Å². The maximum Gasteiger partial charge on any atom is 0.269 e. The molecule has 0 aliphatic carbocycles. The second-order valence-corrected chi connectivity index (χ2v) is 5.26. The smallest absolute Gasteiger partial charge is 0.269 e. The van der Waals surface area contributed by atoms with E-state index in [2.05, 4.69) is 10.1 Å². The lowest BCUT2D eigenvalue weighted by Crippen LogP contribution is -2.24. The predicted octanol–water partition coefficient (Wildman–Crippen LogP) is 3.67. The van der Waals surface area contributed by atoms with Crippen LogP contribution < -0.4 is 0 Å². The van der Waals surface area contributed by atoms with Gasteiger partial charge in [-0.25, -0.2) is 0 Å². The fourth-order valence-electron chi connectivity index (χ4n) is 2.46. The average Bonchev–Trinajstić information content (AvgIpc) is 3.03. The van der Waals surface area contributed by atoms with Crippen LogP contribution in [-0.4, -0.2) is 29.2 Å². The van der Waals surface area contributed by atoms with Crippen molar-refractivity contribution in [2.24, 2.45) is 5.10 Å². The highest BCUT2D eigenvalue weighted by Gasteiger charge is 2.09. The van der Waals surface area contributed by atoms with Gasteiger partial charge >= 0.3 is 0 Å². The molecule has 1 saturated heterocycles. The van der Waals surface area contributed by atoms with Crippen LogP contribution in [0, 0.1) is 10.1 Å². The Labute approximate surface area is 128 Å². The minimum absolute atomic E-state index is 0.0715. The molecule has 22 heavy (non-hydrogen) atoms. The molecule has 0 amide bonds. The zero-order chi connectivity index (χ0) is 15.4. The van der Waals surface area contributed by atoms with Crippen molar-refractivity contribution >= 4 is 11.9 Å². The van der Waals surface area contributed by atoms with E-state index in [0.717, 1.165) is 18.7 Å². The number of piperidine rings is 1. The van der Waals surface area contributed by atoms with Crippen LogP contribution in [0.1, 0.15) is 25.0 Å². The second kappa shape index (κ2) is 6.43. The van der Waals surface area contributed by atoms with Crippen molar-refractivity contribution in [2.75, 3.05) is 13.1 Å². The monoisotopic (exact) mass is 299 g/mol. The Morgan fingerprint density at radius 2 is 1.82 bits per heavy atom. The number of furan rings is 1. The van der Waals surface area contributed by atoms with E-state index in [1.54, 1.807) is 18.3 Å². The summed E-state index contributed by atoms with van der Waals surface area (Å²) in [6.45, 7) is 1.98. The molecule has 1 aliphatic rings. The Bertz CT molecular complexity index is 670. The van der Waals surface area contributed by atoms with E-state index in [1.165, 1.54) is 31.4 Å². The third-order valence-electron chi connectivity index (χ3n) is 3.67. The molecule has 6 heteroatoms. The largest absolute Gasteiger partial charge is 0.455 e. The van der Waals surface area contributed by atoms with Crippen molar-refractivity contribution in [3.63, 3.8) is 0 Å². The number of benzene rings is 1. The highest BCUT2D eigenvalue weighted by Crippen LogP contribution is 2.24. The summed E-state index contributed by atoms with van der Waals surface area (Å²) in [6, 6.07) is 10.0. The number of nitro benzene ring substituents is 1. The average molecular weight is 299 g/mol. The number of nitrogens with zero attached hydrogens (tertiary/aromatic N) is 3. The van der Waals surface area contributed by atoms with Gasteiger partial charge in [-0.2, -0.15) is 5.10 Å². The molecule has 114 valence electrons. The van der Waals surface area contributed by atoms with Crippen LogP contribution >= 0.6 is 0 Å². The molecular weight excluding hydrogens is 282 g/mol. The Kier molecular flexibility index (Phi) is 4.18. The number of rotatable bonds is 4. The molecule has 6 nitrogen and oxygen atoms in total. The summed E-state index contributed by atoms with van der Waals surface area (Å²) in [4.78, 5) is 10.2. The number of hydrazone groups is 1. The molecule has 0 unspecified atom stereocenters. The van der Waals surface area contributed by atoms with Crippen LogP contribution in [0.25, 0.3) is 11.3 Å². The summed E-state index contributed by atoms with van der Waals surface area (Å²) in [7, 11) is 0. The first-order chi connectivity index (χ1) is 10.7. The highest BCUT2D eigenvalue weighted by atomic mass is 16.6. The Hall–Kier alpha value is -2.63. The first-order valence-corrected chi connectivity index (χ1v) is 7.36. The molecule has 0 radical (unpaired) electrons. The van der Waals surface area contributed by atoms with E-state index < -0.39 is 4.92 Å². The minimum Gasteiger partial charge on any atom is -0.455 e. The summed E-state index contributed by atoms with van der Waals surface area (Å²) in [5.41, 5.74) is 0.880. The second-order valence-electron chi connectivity index (χ2n) is 5.26. The number of hydrogen-bond donors (Lipinski definition) is 0. The van der Waals surface area contributed by atoms with Gasteiger partial charge in [0.05, 0.1) is 11.1 Å². The van der Waals surface area contributed by atoms with Gasteiger partial charge in [0.15, 0.2) is 0 Å². The normalized spacial score (nSPS) is 15.4. The SMILES string of the molecule is O=[N+]([O-])c1ccc(-c2ccc(/C=N/N3CCCCC3)o2)cc1. The van der Waals surface area contributed by atoms with Gasteiger partial charge in [-0.1, -0.05) is 0 Å². The van der Waals surface area contributed by atoms with E-state index >= 15 is 0 Å². The molecule has 0 atom stereocenters. The van der Waals surface area contributed by atoms with E-state index in [1.807, 2.05) is 12.1 Å². The fourth-order valence-corrected chi connectivity index (χ4v) is 2.46. The van der Waals surface area contributed by atoms with Crippen molar-refractivity contribution in [1.29, 1.82) is 0 Å². The number of non-ortho nitro benzene ring substituents is 1. The van der Waals surface area contributed by atoms with E-state index in [0.29, 0.717) is 11.5 Å². The molecule has 1 aromatic heterocycles. The molecule has 2 aromatic rings. The molecule has 1 fully saturated rings. The van der Waals surface area contributed by atoms with E-state index in [9.17, 15) is 10.1 Å². The zero-order valence-electron chi connectivity index (χ0n) is 12.1. The summed E-state index contributed by atoms with van der Waals surface area (Å²) in [5.74, 6) is 1.36. The molecule has 1 aromatic carbocycles. The summed E-state index contributed by atoms with van der Waals surface area (Å²) >= 11 is 0. The first-order valence-electron chi connectivity index (χ1n) is 7.36. The quantitative estimate of drug-likeness (QED) is 0.490. The fraction of sp³-hybridized carbons (Fsp3) is 0.312. The van der Waals surface area contributed by atoms with Gasteiger partial charge in [0.25, 0.3) is 5.69 Å². The van der Waals surface area contributed by atoms with Crippen LogP contribution in [-0.2, 0) is 0 Å². The van der Waals surface area contributed by atoms with Gasteiger partial charge in [0, 0.05) is 30.8 Å². The van der Waals surface area contributed by atoms with Crippen LogP contribution in [0.15, 0.2) is 45.9 Å². The topological polar surface area (TPSA) is 71.9 Å². The predicted molar refractivity (Wildman–Crippen MR) is 83.8 cm³/mol.